The van der Waals surface area contributed by atoms with Crippen LogP contribution in [0.5, 0.6) is 0 Å². The molecule has 1 saturated carbocycles. The summed E-state index contributed by atoms with van der Waals surface area (Å²) in [6, 6.07) is 16.3. The molecular formula is C19H20BrN. The molecule has 1 fully saturated rings. The van der Waals surface area contributed by atoms with E-state index in [4.69, 9.17) is 0 Å². The lowest BCUT2D eigenvalue weighted by molar-refractivity contribution is 0.374. The van der Waals surface area contributed by atoms with Gasteiger partial charge in [-0.05, 0) is 79.0 Å². The molecule has 2 aromatic rings. The van der Waals surface area contributed by atoms with Crippen LogP contribution in [0, 0.1) is 0 Å². The number of hydrogen-bond acceptors (Lipinski definition) is 1. The minimum atomic E-state index is 0.633. The topological polar surface area (TPSA) is 12.0 Å². The molecule has 0 bridgehead atoms. The van der Waals surface area contributed by atoms with E-state index in [1.165, 1.54) is 47.8 Å². The van der Waals surface area contributed by atoms with E-state index < -0.39 is 0 Å². The van der Waals surface area contributed by atoms with Crippen molar-refractivity contribution in [1.82, 2.24) is 0 Å². The van der Waals surface area contributed by atoms with Gasteiger partial charge in [0.05, 0.1) is 0 Å². The Balaban J connectivity index is 1.38. The predicted octanol–water partition coefficient (Wildman–Crippen LogP) is 5.30. The van der Waals surface area contributed by atoms with E-state index in [1.807, 2.05) is 0 Å². The Hall–Kier alpha value is -1.28. The monoisotopic (exact) mass is 341 g/mol. The van der Waals surface area contributed by atoms with Crippen molar-refractivity contribution in [2.24, 2.45) is 0 Å². The standard InChI is InChI=1S/C19H20BrN/c20-17-6-2-5-14(9-17)16-11-19(12-16)21-18-8-7-13-3-1-4-15(13)10-18/h2,5-10,16,19,21H,1,3-4,11-12H2. The first-order chi connectivity index (χ1) is 10.3. The number of halogens is 1. The molecule has 0 radical (unpaired) electrons. The van der Waals surface area contributed by atoms with Gasteiger partial charge in [-0.1, -0.05) is 34.1 Å². The molecule has 0 unspecified atom stereocenters. The summed E-state index contributed by atoms with van der Waals surface area (Å²) < 4.78 is 1.19. The number of fused-ring (bicyclic) bond motifs is 1. The highest BCUT2D eigenvalue weighted by molar-refractivity contribution is 9.10. The van der Waals surface area contributed by atoms with Crippen LogP contribution in [-0.2, 0) is 12.8 Å². The molecule has 0 amide bonds. The molecule has 0 atom stereocenters. The fourth-order valence-corrected chi connectivity index (χ4v) is 4.08. The number of aryl methyl sites for hydroxylation is 2. The van der Waals surface area contributed by atoms with Crippen LogP contribution in [0.4, 0.5) is 5.69 Å². The third-order valence-corrected chi connectivity index (χ3v) is 5.42. The number of hydrogen-bond donors (Lipinski definition) is 1. The first-order valence-corrected chi connectivity index (χ1v) is 8.71. The zero-order chi connectivity index (χ0) is 14.2. The summed E-state index contributed by atoms with van der Waals surface area (Å²) >= 11 is 3.57. The fourth-order valence-electron chi connectivity index (χ4n) is 3.67. The van der Waals surface area contributed by atoms with Gasteiger partial charge in [0.25, 0.3) is 0 Å². The van der Waals surface area contributed by atoms with Crippen LogP contribution in [0.1, 0.15) is 41.9 Å². The fraction of sp³-hybridized carbons (Fsp3) is 0.368. The second-order valence-electron chi connectivity index (χ2n) is 6.40. The van der Waals surface area contributed by atoms with Crippen molar-refractivity contribution in [2.75, 3.05) is 5.32 Å². The van der Waals surface area contributed by atoms with Crippen molar-refractivity contribution in [1.29, 1.82) is 0 Å². The highest BCUT2D eigenvalue weighted by Crippen LogP contribution is 2.39. The van der Waals surface area contributed by atoms with E-state index in [-0.39, 0.29) is 0 Å². The van der Waals surface area contributed by atoms with E-state index in [1.54, 1.807) is 11.1 Å². The average Bonchev–Trinajstić information content (AvgIpc) is 2.89. The van der Waals surface area contributed by atoms with E-state index in [0.717, 1.165) is 5.92 Å². The number of benzene rings is 2. The molecule has 0 spiro atoms. The number of nitrogens with one attached hydrogen (secondary N) is 1. The number of anilines is 1. The smallest absolute Gasteiger partial charge is 0.0345 e. The Kier molecular flexibility index (Phi) is 3.50. The molecule has 0 aromatic heterocycles. The summed E-state index contributed by atoms with van der Waals surface area (Å²) in [5, 5.41) is 3.71. The quantitative estimate of drug-likeness (QED) is 0.799. The summed E-state index contributed by atoms with van der Waals surface area (Å²) in [6.07, 6.45) is 6.34. The zero-order valence-electron chi connectivity index (χ0n) is 12.1. The van der Waals surface area contributed by atoms with Crippen molar-refractivity contribution in [3.63, 3.8) is 0 Å². The molecule has 0 aliphatic heterocycles. The Morgan fingerprint density at radius 1 is 0.952 bits per heavy atom. The molecule has 0 saturated heterocycles. The van der Waals surface area contributed by atoms with Gasteiger partial charge in [0.15, 0.2) is 0 Å². The maximum absolute atomic E-state index is 3.71. The molecule has 1 nitrogen and oxygen atoms in total. The number of rotatable bonds is 3. The maximum Gasteiger partial charge on any atom is 0.0345 e. The molecule has 21 heavy (non-hydrogen) atoms. The van der Waals surface area contributed by atoms with Crippen LogP contribution in [-0.4, -0.2) is 6.04 Å². The average molecular weight is 342 g/mol. The minimum absolute atomic E-state index is 0.633. The lowest BCUT2D eigenvalue weighted by Crippen LogP contribution is -2.34. The van der Waals surface area contributed by atoms with Crippen molar-refractivity contribution >= 4 is 21.6 Å². The van der Waals surface area contributed by atoms with E-state index >= 15 is 0 Å². The van der Waals surface area contributed by atoms with E-state index in [0.29, 0.717) is 6.04 Å². The highest BCUT2D eigenvalue weighted by atomic mass is 79.9. The summed E-state index contributed by atoms with van der Waals surface area (Å²) in [5.41, 5.74) is 5.90. The van der Waals surface area contributed by atoms with Crippen LogP contribution in [0.15, 0.2) is 46.9 Å². The molecule has 2 heteroatoms. The van der Waals surface area contributed by atoms with Gasteiger partial charge in [-0.15, -0.1) is 0 Å². The molecule has 108 valence electrons. The van der Waals surface area contributed by atoms with Gasteiger partial charge >= 0.3 is 0 Å². The van der Waals surface area contributed by atoms with Gasteiger partial charge in [-0.3, -0.25) is 0 Å². The first-order valence-electron chi connectivity index (χ1n) is 7.92. The summed E-state index contributed by atoms with van der Waals surface area (Å²) in [6.45, 7) is 0. The molecule has 0 heterocycles. The van der Waals surface area contributed by atoms with Gasteiger partial charge in [0.2, 0.25) is 0 Å². The Morgan fingerprint density at radius 2 is 1.81 bits per heavy atom. The Bertz CT molecular complexity index is 658. The van der Waals surface area contributed by atoms with Gasteiger partial charge in [-0.25, -0.2) is 0 Å². The lowest BCUT2D eigenvalue weighted by Gasteiger charge is -2.37. The molecule has 4 rings (SSSR count). The van der Waals surface area contributed by atoms with Crippen molar-refractivity contribution in [3.8, 4) is 0 Å². The molecule has 2 aliphatic carbocycles. The zero-order valence-corrected chi connectivity index (χ0v) is 13.7. The van der Waals surface area contributed by atoms with Gasteiger partial charge < -0.3 is 5.32 Å². The highest BCUT2D eigenvalue weighted by Gasteiger charge is 2.30. The molecule has 2 aliphatic rings. The second kappa shape index (κ2) is 5.49. The van der Waals surface area contributed by atoms with E-state index in [9.17, 15) is 0 Å². The van der Waals surface area contributed by atoms with Crippen molar-refractivity contribution in [3.05, 3.63) is 63.6 Å². The predicted molar refractivity (Wildman–Crippen MR) is 92.0 cm³/mol. The largest absolute Gasteiger partial charge is 0.382 e. The van der Waals surface area contributed by atoms with Crippen LogP contribution in [0.2, 0.25) is 0 Å². The van der Waals surface area contributed by atoms with Crippen LogP contribution in [0.3, 0.4) is 0 Å². The SMILES string of the molecule is Brc1cccc(C2CC(Nc3ccc4c(c3)CCC4)C2)c1. The third-order valence-electron chi connectivity index (χ3n) is 4.93. The maximum atomic E-state index is 3.71. The first kappa shape index (κ1) is 13.4. The van der Waals surface area contributed by atoms with Crippen LogP contribution < -0.4 is 5.32 Å². The van der Waals surface area contributed by atoms with Crippen LogP contribution >= 0.6 is 15.9 Å². The van der Waals surface area contributed by atoms with Gasteiger partial charge in [-0.2, -0.15) is 0 Å². The molecular weight excluding hydrogens is 322 g/mol. The molecule has 1 N–H and O–H groups in total. The third kappa shape index (κ3) is 2.74. The van der Waals surface area contributed by atoms with Crippen LogP contribution in [0.25, 0.3) is 0 Å². The Labute approximate surface area is 134 Å². The summed E-state index contributed by atoms with van der Waals surface area (Å²) in [7, 11) is 0. The van der Waals surface area contributed by atoms with Gasteiger partial charge in [0, 0.05) is 16.2 Å². The minimum Gasteiger partial charge on any atom is -0.382 e. The summed E-state index contributed by atoms with van der Waals surface area (Å²) in [5.74, 6) is 0.717. The van der Waals surface area contributed by atoms with Crippen molar-refractivity contribution < 1.29 is 0 Å². The molecule has 2 aromatic carbocycles. The van der Waals surface area contributed by atoms with Gasteiger partial charge in [0.1, 0.15) is 0 Å². The summed E-state index contributed by atoms with van der Waals surface area (Å²) in [4.78, 5) is 0. The Morgan fingerprint density at radius 3 is 2.67 bits per heavy atom. The lowest BCUT2D eigenvalue weighted by atomic mass is 9.76. The normalized spacial score (nSPS) is 23.5. The van der Waals surface area contributed by atoms with E-state index in [2.05, 4.69) is 63.7 Å². The van der Waals surface area contributed by atoms with Crippen molar-refractivity contribution in [2.45, 2.75) is 44.1 Å². The second-order valence-corrected chi connectivity index (χ2v) is 7.32.